The second-order valence-corrected chi connectivity index (χ2v) is 2.26. The number of hydrogen-bond acceptors (Lipinski definition) is 4. The van der Waals surface area contributed by atoms with Gasteiger partial charge in [0.05, 0.1) is 19.8 Å². The van der Waals surface area contributed by atoms with Gasteiger partial charge in [-0.05, 0) is 13.3 Å². The van der Waals surface area contributed by atoms with Crippen molar-refractivity contribution in [2.24, 2.45) is 0 Å². The molecule has 0 heterocycles. The summed E-state index contributed by atoms with van der Waals surface area (Å²) in [4.78, 5) is 9.98. The summed E-state index contributed by atoms with van der Waals surface area (Å²) < 4.78 is 9.28. The van der Waals surface area contributed by atoms with Gasteiger partial charge in [-0.3, -0.25) is 4.79 Å². The average Bonchev–Trinajstić information content (AvgIpc) is 2.12. The van der Waals surface area contributed by atoms with Gasteiger partial charge in [-0.25, -0.2) is 0 Å². The predicted molar refractivity (Wildman–Crippen MR) is 50.5 cm³/mol. The minimum Gasteiger partial charge on any atom is -0.466 e. The maximum Gasteiger partial charge on any atom is 0.302 e. The van der Waals surface area contributed by atoms with Crippen molar-refractivity contribution in [3.63, 3.8) is 0 Å². The second-order valence-electron chi connectivity index (χ2n) is 2.26. The smallest absolute Gasteiger partial charge is 0.302 e. The Kier molecular flexibility index (Phi) is 16.0. The van der Waals surface area contributed by atoms with Gasteiger partial charge in [-0.15, -0.1) is 0 Å². The zero-order valence-corrected chi connectivity index (χ0v) is 8.71. The standard InChI is InChI=1S/C5H10O2.C4H10O2/c1-3-4-7-5(2)6;1-2-6-4-3-5/h3-4H2,1-2H3;5H,2-4H2,1H3. The van der Waals surface area contributed by atoms with Gasteiger partial charge in [0.15, 0.2) is 0 Å². The van der Waals surface area contributed by atoms with E-state index in [0.29, 0.717) is 19.8 Å². The molecule has 0 saturated heterocycles. The van der Waals surface area contributed by atoms with Crippen LogP contribution in [0, 0.1) is 0 Å². The van der Waals surface area contributed by atoms with Gasteiger partial charge in [0.2, 0.25) is 0 Å². The van der Waals surface area contributed by atoms with Crippen LogP contribution in [0.25, 0.3) is 0 Å². The number of ether oxygens (including phenoxy) is 2. The van der Waals surface area contributed by atoms with E-state index >= 15 is 0 Å². The summed E-state index contributed by atoms with van der Waals surface area (Å²) in [6.45, 7) is 7.12. The van der Waals surface area contributed by atoms with Crippen LogP contribution < -0.4 is 0 Å². The lowest BCUT2D eigenvalue weighted by molar-refractivity contribution is -0.140. The first-order valence-electron chi connectivity index (χ1n) is 4.50. The molecule has 0 atom stereocenters. The van der Waals surface area contributed by atoms with E-state index in [0.717, 1.165) is 6.42 Å². The lowest BCUT2D eigenvalue weighted by Gasteiger charge is -1.93. The third-order valence-electron chi connectivity index (χ3n) is 0.949. The molecule has 0 aliphatic heterocycles. The van der Waals surface area contributed by atoms with Gasteiger partial charge in [-0.1, -0.05) is 6.92 Å². The molecule has 0 rings (SSSR count). The summed E-state index contributed by atoms with van der Waals surface area (Å²) in [6, 6.07) is 0. The van der Waals surface area contributed by atoms with Gasteiger partial charge < -0.3 is 14.6 Å². The largest absolute Gasteiger partial charge is 0.466 e. The van der Waals surface area contributed by atoms with Crippen molar-refractivity contribution < 1.29 is 19.4 Å². The summed E-state index contributed by atoms with van der Waals surface area (Å²) in [5.41, 5.74) is 0. The number of esters is 1. The van der Waals surface area contributed by atoms with Crippen LogP contribution in [0.3, 0.4) is 0 Å². The summed E-state index contributed by atoms with van der Waals surface area (Å²) in [7, 11) is 0. The Morgan fingerprint density at radius 2 is 1.92 bits per heavy atom. The highest BCUT2D eigenvalue weighted by Gasteiger charge is 1.85. The number of aliphatic hydroxyl groups is 1. The maximum atomic E-state index is 9.98. The van der Waals surface area contributed by atoms with E-state index in [-0.39, 0.29) is 12.6 Å². The van der Waals surface area contributed by atoms with Crippen molar-refractivity contribution in [3.05, 3.63) is 0 Å². The zero-order valence-electron chi connectivity index (χ0n) is 8.71. The average molecular weight is 192 g/mol. The number of carbonyl (C=O) groups is 1. The van der Waals surface area contributed by atoms with Crippen LogP contribution in [0.2, 0.25) is 0 Å². The Morgan fingerprint density at radius 1 is 1.31 bits per heavy atom. The third-order valence-corrected chi connectivity index (χ3v) is 0.949. The Bertz CT molecular complexity index is 99.8. The number of hydrogen-bond donors (Lipinski definition) is 1. The Hall–Kier alpha value is -0.610. The summed E-state index contributed by atoms with van der Waals surface area (Å²) >= 11 is 0. The first-order chi connectivity index (χ1) is 6.18. The molecule has 0 aliphatic rings. The monoisotopic (exact) mass is 192 g/mol. The van der Waals surface area contributed by atoms with Gasteiger partial charge in [0, 0.05) is 13.5 Å². The first kappa shape index (κ1) is 14.9. The van der Waals surface area contributed by atoms with Crippen LogP contribution in [0.15, 0.2) is 0 Å². The lowest BCUT2D eigenvalue weighted by atomic mass is 10.5. The lowest BCUT2D eigenvalue weighted by Crippen LogP contribution is -1.98. The van der Waals surface area contributed by atoms with Gasteiger partial charge in [-0.2, -0.15) is 0 Å². The molecular formula is C9H20O4. The van der Waals surface area contributed by atoms with Crippen molar-refractivity contribution >= 4 is 5.97 Å². The Morgan fingerprint density at radius 3 is 2.08 bits per heavy atom. The van der Waals surface area contributed by atoms with Crippen LogP contribution >= 0.6 is 0 Å². The fraction of sp³-hybridized carbons (Fsp3) is 0.889. The van der Waals surface area contributed by atoms with Crippen LogP contribution in [-0.4, -0.2) is 37.5 Å². The van der Waals surface area contributed by atoms with Gasteiger partial charge in [0.25, 0.3) is 0 Å². The van der Waals surface area contributed by atoms with Crippen LogP contribution in [0.4, 0.5) is 0 Å². The molecule has 0 radical (unpaired) electrons. The fourth-order valence-electron chi connectivity index (χ4n) is 0.455. The van der Waals surface area contributed by atoms with E-state index in [1.807, 2.05) is 13.8 Å². The molecule has 0 unspecified atom stereocenters. The molecule has 0 bridgehead atoms. The maximum absolute atomic E-state index is 9.98. The minimum absolute atomic E-state index is 0.133. The van der Waals surface area contributed by atoms with E-state index in [1.54, 1.807) is 0 Å². The third kappa shape index (κ3) is 24.6. The van der Waals surface area contributed by atoms with Crippen molar-refractivity contribution in [1.82, 2.24) is 0 Å². The molecule has 0 aliphatic carbocycles. The van der Waals surface area contributed by atoms with Crippen molar-refractivity contribution in [2.45, 2.75) is 27.2 Å². The zero-order chi connectivity index (χ0) is 10.5. The van der Waals surface area contributed by atoms with Crippen LogP contribution in [0.1, 0.15) is 27.2 Å². The predicted octanol–water partition coefficient (Wildman–Crippen LogP) is 0.975. The summed E-state index contributed by atoms with van der Waals surface area (Å²) in [5, 5.41) is 8.07. The molecule has 0 amide bonds. The molecule has 4 heteroatoms. The summed E-state index contributed by atoms with van der Waals surface area (Å²) in [5.74, 6) is -0.193. The van der Waals surface area contributed by atoms with Crippen molar-refractivity contribution in [2.75, 3.05) is 26.4 Å². The highest BCUT2D eigenvalue weighted by atomic mass is 16.5. The minimum atomic E-state index is -0.193. The Balaban J connectivity index is 0. The molecule has 0 aromatic rings. The van der Waals surface area contributed by atoms with Gasteiger partial charge >= 0.3 is 5.97 Å². The second kappa shape index (κ2) is 13.9. The van der Waals surface area contributed by atoms with E-state index in [2.05, 4.69) is 4.74 Å². The molecule has 0 aromatic carbocycles. The molecular weight excluding hydrogens is 172 g/mol. The van der Waals surface area contributed by atoms with Crippen molar-refractivity contribution in [3.8, 4) is 0 Å². The van der Waals surface area contributed by atoms with Crippen LogP contribution in [-0.2, 0) is 14.3 Å². The van der Waals surface area contributed by atoms with E-state index in [9.17, 15) is 4.79 Å². The SMILES string of the molecule is CCCOC(C)=O.CCOCCO. The molecule has 0 fully saturated rings. The van der Waals surface area contributed by atoms with E-state index in [4.69, 9.17) is 9.84 Å². The molecule has 0 aromatic heterocycles. The highest BCUT2D eigenvalue weighted by Crippen LogP contribution is 1.78. The molecule has 0 saturated carbocycles. The fourth-order valence-corrected chi connectivity index (χ4v) is 0.455. The van der Waals surface area contributed by atoms with E-state index in [1.165, 1.54) is 6.92 Å². The molecule has 4 nitrogen and oxygen atoms in total. The molecule has 80 valence electrons. The number of aliphatic hydroxyl groups excluding tert-OH is 1. The van der Waals surface area contributed by atoms with Crippen LogP contribution in [0.5, 0.6) is 0 Å². The molecule has 13 heavy (non-hydrogen) atoms. The normalized spacial score (nSPS) is 8.62. The first-order valence-corrected chi connectivity index (χ1v) is 4.50. The summed E-state index contributed by atoms with van der Waals surface area (Å²) in [6.07, 6.45) is 0.902. The van der Waals surface area contributed by atoms with Gasteiger partial charge in [0.1, 0.15) is 0 Å². The number of rotatable bonds is 5. The topological polar surface area (TPSA) is 55.8 Å². The number of carbonyl (C=O) groups excluding carboxylic acids is 1. The van der Waals surface area contributed by atoms with E-state index < -0.39 is 0 Å². The van der Waals surface area contributed by atoms with Crippen molar-refractivity contribution in [1.29, 1.82) is 0 Å². The molecule has 1 N–H and O–H groups in total. The highest BCUT2D eigenvalue weighted by molar-refractivity contribution is 5.65. The Labute approximate surface area is 79.8 Å². The quantitative estimate of drug-likeness (QED) is 0.521. The molecule has 0 spiro atoms.